The number of carbonyl (C=O) groups excluding carboxylic acids is 2. The summed E-state index contributed by atoms with van der Waals surface area (Å²) in [4.78, 5) is 23.8. The average molecular weight is 313 g/mol. The standard InChI is InChI=1S/C15H18ClFN2O2/c1-8(2)7-18-14(20)10-6-11(10)15(21)19-9-3-4-13(17)12(16)5-9/h3-5,8,10-11H,6-7H2,1-2H3,(H,18,20)(H,19,21). The lowest BCUT2D eigenvalue weighted by Crippen LogP contribution is -2.30. The molecule has 1 aliphatic carbocycles. The van der Waals surface area contributed by atoms with Crippen molar-refractivity contribution in [3.63, 3.8) is 0 Å². The minimum atomic E-state index is -0.535. The quantitative estimate of drug-likeness (QED) is 0.878. The third-order valence-electron chi connectivity index (χ3n) is 3.34. The number of rotatable bonds is 5. The Morgan fingerprint density at radius 1 is 1.33 bits per heavy atom. The Morgan fingerprint density at radius 2 is 2.00 bits per heavy atom. The molecule has 21 heavy (non-hydrogen) atoms. The van der Waals surface area contributed by atoms with Crippen LogP contribution in [-0.2, 0) is 9.59 Å². The van der Waals surface area contributed by atoms with Crippen LogP contribution in [0.1, 0.15) is 20.3 Å². The van der Waals surface area contributed by atoms with E-state index < -0.39 is 5.82 Å². The number of carbonyl (C=O) groups is 2. The van der Waals surface area contributed by atoms with Crippen LogP contribution in [0, 0.1) is 23.6 Å². The van der Waals surface area contributed by atoms with E-state index >= 15 is 0 Å². The molecule has 0 aliphatic heterocycles. The fraction of sp³-hybridized carbons (Fsp3) is 0.467. The predicted molar refractivity (Wildman–Crippen MR) is 79.5 cm³/mol. The zero-order chi connectivity index (χ0) is 15.6. The highest BCUT2D eigenvalue weighted by Gasteiger charge is 2.47. The Balaban J connectivity index is 1.85. The first-order chi connectivity index (χ1) is 9.88. The molecule has 2 N–H and O–H groups in total. The molecule has 1 aromatic carbocycles. The lowest BCUT2D eigenvalue weighted by molar-refractivity contribution is -0.125. The summed E-state index contributed by atoms with van der Waals surface area (Å²) in [5.74, 6) is -1.06. The predicted octanol–water partition coefficient (Wildman–Crippen LogP) is 2.83. The van der Waals surface area contributed by atoms with Gasteiger partial charge in [-0.05, 0) is 30.5 Å². The maximum absolute atomic E-state index is 13.0. The highest BCUT2D eigenvalue weighted by atomic mass is 35.5. The van der Waals surface area contributed by atoms with Crippen LogP contribution in [-0.4, -0.2) is 18.4 Å². The van der Waals surface area contributed by atoms with Crippen molar-refractivity contribution < 1.29 is 14.0 Å². The Hall–Kier alpha value is -1.62. The molecule has 4 nitrogen and oxygen atoms in total. The van der Waals surface area contributed by atoms with Crippen molar-refractivity contribution in [2.75, 3.05) is 11.9 Å². The molecule has 6 heteroatoms. The van der Waals surface area contributed by atoms with E-state index in [2.05, 4.69) is 10.6 Å². The first-order valence-electron chi connectivity index (χ1n) is 6.92. The maximum Gasteiger partial charge on any atom is 0.228 e. The van der Waals surface area contributed by atoms with Crippen molar-refractivity contribution >= 4 is 29.1 Å². The molecule has 0 radical (unpaired) electrons. The van der Waals surface area contributed by atoms with Gasteiger partial charge in [0.25, 0.3) is 0 Å². The first kappa shape index (κ1) is 15.8. The molecule has 2 unspecified atom stereocenters. The largest absolute Gasteiger partial charge is 0.356 e. The summed E-state index contributed by atoms with van der Waals surface area (Å²) in [7, 11) is 0. The third kappa shape index (κ3) is 4.17. The third-order valence-corrected chi connectivity index (χ3v) is 3.63. The van der Waals surface area contributed by atoms with Gasteiger partial charge in [0, 0.05) is 12.2 Å². The summed E-state index contributed by atoms with van der Waals surface area (Å²) < 4.78 is 13.0. The molecule has 0 spiro atoms. The monoisotopic (exact) mass is 312 g/mol. The normalized spacial score (nSPS) is 20.2. The topological polar surface area (TPSA) is 58.2 Å². The van der Waals surface area contributed by atoms with Crippen LogP contribution in [0.25, 0.3) is 0 Å². The number of benzene rings is 1. The molecule has 1 aliphatic rings. The van der Waals surface area contributed by atoms with Crippen LogP contribution in [0.15, 0.2) is 18.2 Å². The van der Waals surface area contributed by atoms with E-state index in [-0.39, 0.29) is 28.7 Å². The summed E-state index contributed by atoms with van der Waals surface area (Å²) in [6.07, 6.45) is 0.546. The van der Waals surface area contributed by atoms with Crippen LogP contribution in [0.3, 0.4) is 0 Å². The van der Waals surface area contributed by atoms with Crippen LogP contribution >= 0.6 is 11.6 Å². The van der Waals surface area contributed by atoms with E-state index in [0.717, 1.165) is 0 Å². The maximum atomic E-state index is 13.0. The van der Waals surface area contributed by atoms with Gasteiger partial charge >= 0.3 is 0 Å². The highest BCUT2D eigenvalue weighted by molar-refractivity contribution is 6.31. The summed E-state index contributed by atoms with van der Waals surface area (Å²) in [5, 5.41) is 5.42. The molecule has 2 atom stereocenters. The molecule has 1 fully saturated rings. The summed E-state index contributed by atoms with van der Waals surface area (Å²) in [5.41, 5.74) is 0.430. The first-order valence-corrected chi connectivity index (χ1v) is 7.30. The van der Waals surface area contributed by atoms with E-state index in [0.29, 0.717) is 24.6 Å². The van der Waals surface area contributed by atoms with Crippen LogP contribution in [0.4, 0.5) is 10.1 Å². The second-order valence-corrected chi connectivity index (χ2v) is 6.11. The van der Waals surface area contributed by atoms with Crippen molar-refractivity contribution in [3.8, 4) is 0 Å². The lowest BCUT2D eigenvalue weighted by Gasteiger charge is -2.08. The van der Waals surface area contributed by atoms with Crippen molar-refractivity contribution in [1.29, 1.82) is 0 Å². The van der Waals surface area contributed by atoms with Gasteiger partial charge in [-0.3, -0.25) is 9.59 Å². The number of hydrogen-bond donors (Lipinski definition) is 2. The Morgan fingerprint density at radius 3 is 2.62 bits per heavy atom. The number of halogens is 2. The van der Waals surface area contributed by atoms with Gasteiger partial charge in [-0.1, -0.05) is 25.4 Å². The molecule has 2 rings (SSSR count). The highest BCUT2D eigenvalue weighted by Crippen LogP contribution is 2.39. The zero-order valence-corrected chi connectivity index (χ0v) is 12.7. The Bertz CT molecular complexity index is 563. The summed E-state index contributed by atoms with van der Waals surface area (Å²) in [6.45, 7) is 4.63. The minimum Gasteiger partial charge on any atom is -0.356 e. The van der Waals surface area contributed by atoms with Crippen LogP contribution < -0.4 is 10.6 Å². The van der Waals surface area contributed by atoms with Gasteiger partial charge < -0.3 is 10.6 Å². The molecule has 114 valence electrons. The van der Waals surface area contributed by atoms with Gasteiger partial charge in [-0.25, -0.2) is 4.39 Å². The minimum absolute atomic E-state index is 0.0465. The molecule has 2 amide bonds. The molecule has 1 aromatic rings. The van der Waals surface area contributed by atoms with E-state index in [9.17, 15) is 14.0 Å². The van der Waals surface area contributed by atoms with Gasteiger partial charge in [0.05, 0.1) is 16.9 Å². The number of nitrogens with one attached hydrogen (secondary N) is 2. The van der Waals surface area contributed by atoms with E-state index in [1.165, 1.54) is 18.2 Å². The molecule has 0 aromatic heterocycles. The Kier molecular flexibility index (Phi) is 4.83. The fourth-order valence-corrected chi connectivity index (χ4v) is 2.20. The average Bonchev–Trinajstić information content (AvgIpc) is 3.20. The van der Waals surface area contributed by atoms with Gasteiger partial charge in [-0.2, -0.15) is 0 Å². The van der Waals surface area contributed by atoms with Crippen LogP contribution in [0.2, 0.25) is 5.02 Å². The van der Waals surface area contributed by atoms with Crippen molar-refractivity contribution in [2.45, 2.75) is 20.3 Å². The summed E-state index contributed by atoms with van der Waals surface area (Å²) in [6, 6.07) is 3.98. The SMILES string of the molecule is CC(C)CNC(=O)C1CC1C(=O)Nc1ccc(F)c(Cl)c1. The second-order valence-electron chi connectivity index (χ2n) is 5.71. The van der Waals surface area contributed by atoms with E-state index in [4.69, 9.17) is 11.6 Å². The summed E-state index contributed by atoms with van der Waals surface area (Å²) >= 11 is 5.65. The number of hydrogen-bond acceptors (Lipinski definition) is 2. The van der Waals surface area contributed by atoms with Gasteiger partial charge in [-0.15, -0.1) is 0 Å². The molecular weight excluding hydrogens is 295 g/mol. The van der Waals surface area contributed by atoms with E-state index in [1.54, 1.807) is 0 Å². The smallest absolute Gasteiger partial charge is 0.228 e. The van der Waals surface area contributed by atoms with Gasteiger partial charge in [0.2, 0.25) is 11.8 Å². The van der Waals surface area contributed by atoms with Crippen molar-refractivity contribution in [2.24, 2.45) is 17.8 Å². The fourth-order valence-electron chi connectivity index (χ4n) is 2.02. The molecular formula is C15H18ClFN2O2. The van der Waals surface area contributed by atoms with E-state index in [1.807, 2.05) is 13.8 Å². The van der Waals surface area contributed by atoms with Gasteiger partial charge in [0.1, 0.15) is 5.82 Å². The molecule has 1 saturated carbocycles. The van der Waals surface area contributed by atoms with Crippen molar-refractivity contribution in [1.82, 2.24) is 5.32 Å². The second kappa shape index (κ2) is 6.43. The van der Waals surface area contributed by atoms with Crippen LogP contribution in [0.5, 0.6) is 0 Å². The van der Waals surface area contributed by atoms with Crippen molar-refractivity contribution in [3.05, 3.63) is 29.0 Å². The number of amides is 2. The zero-order valence-electron chi connectivity index (χ0n) is 12.0. The number of anilines is 1. The molecule has 0 heterocycles. The lowest BCUT2D eigenvalue weighted by atomic mass is 10.2. The molecule has 0 saturated heterocycles. The van der Waals surface area contributed by atoms with Gasteiger partial charge in [0.15, 0.2) is 0 Å². The molecule has 0 bridgehead atoms. The Labute approximate surface area is 128 Å².